The molecule has 148 valence electrons. The van der Waals surface area contributed by atoms with Crippen LogP contribution in [0.1, 0.15) is 12.1 Å². The summed E-state index contributed by atoms with van der Waals surface area (Å²) in [6.45, 7) is 1.65. The van der Waals surface area contributed by atoms with Crippen LogP contribution < -0.4 is 11.1 Å². The van der Waals surface area contributed by atoms with Crippen LogP contribution in [0.4, 0.5) is 11.8 Å². The molecule has 1 fully saturated rings. The Morgan fingerprint density at radius 3 is 2.75 bits per heavy atom. The Bertz CT molecular complexity index is 1030. The van der Waals surface area contributed by atoms with E-state index in [1.165, 1.54) is 0 Å². The third-order valence-electron chi connectivity index (χ3n) is 5.00. The summed E-state index contributed by atoms with van der Waals surface area (Å²) in [4.78, 5) is 12.6. The van der Waals surface area contributed by atoms with E-state index in [4.69, 9.17) is 21.8 Å². The number of nitrogen functional groups attached to an aromatic ring is 1. The molecule has 0 amide bonds. The van der Waals surface area contributed by atoms with Gasteiger partial charge < -0.3 is 30.8 Å². The lowest BCUT2D eigenvalue weighted by Gasteiger charge is -2.20. The van der Waals surface area contributed by atoms with Crippen LogP contribution in [-0.4, -0.2) is 55.1 Å². The molecule has 3 aromatic heterocycles. The fraction of sp³-hybridized carbons (Fsp3) is 0.389. The maximum absolute atomic E-state index is 10.3. The standard InChI is InChI=1S/C18H20ClN5O4/c1-7-2-3-11-9(21-7)5-12(28-11)13-16(19)23-18(20)24-17(13)22-10-4-8(6-25)14(26)15(10)27/h2-3,5,8,10,14-15,25-27H,4,6H2,1H3,(H3,20,22,23,24). The maximum Gasteiger partial charge on any atom is 0.223 e. The van der Waals surface area contributed by atoms with E-state index in [-0.39, 0.29) is 23.5 Å². The van der Waals surface area contributed by atoms with Gasteiger partial charge in [-0.05, 0) is 25.5 Å². The van der Waals surface area contributed by atoms with Crippen molar-refractivity contribution in [2.45, 2.75) is 31.6 Å². The zero-order valence-electron chi connectivity index (χ0n) is 15.0. The normalized spacial score (nSPS) is 24.8. The number of aliphatic hydroxyl groups excluding tert-OH is 3. The second-order valence-corrected chi connectivity index (χ2v) is 7.31. The number of furan rings is 1. The molecular weight excluding hydrogens is 386 g/mol. The molecular formula is C18H20ClN5O4. The van der Waals surface area contributed by atoms with Crippen molar-refractivity contribution in [1.29, 1.82) is 0 Å². The van der Waals surface area contributed by atoms with Gasteiger partial charge >= 0.3 is 0 Å². The van der Waals surface area contributed by atoms with Crippen LogP contribution in [0, 0.1) is 12.8 Å². The summed E-state index contributed by atoms with van der Waals surface area (Å²) in [6, 6.07) is 4.82. The zero-order valence-corrected chi connectivity index (χ0v) is 15.8. The van der Waals surface area contributed by atoms with Crippen LogP contribution in [0.3, 0.4) is 0 Å². The quantitative estimate of drug-likeness (QED) is 0.405. The molecule has 4 atom stereocenters. The summed E-state index contributed by atoms with van der Waals surface area (Å²) in [5, 5.41) is 32.9. The lowest BCUT2D eigenvalue weighted by atomic mass is 10.1. The van der Waals surface area contributed by atoms with E-state index >= 15 is 0 Å². The molecule has 0 spiro atoms. The average Bonchev–Trinajstić information content (AvgIpc) is 3.16. The van der Waals surface area contributed by atoms with E-state index in [2.05, 4.69) is 20.3 Å². The Balaban J connectivity index is 1.75. The summed E-state index contributed by atoms with van der Waals surface area (Å²) in [6.07, 6.45) is -1.78. The van der Waals surface area contributed by atoms with E-state index in [9.17, 15) is 15.3 Å². The molecule has 1 saturated carbocycles. The van der Waals surface area contributed by atoms with E-state index in [1.807, 2.05) is 19.1 Å². The Kier molecular flexibility index (Phi) is 4.84. The van der Waals surface area contributed by atoms with Gasteiger partial charge in [0, 0.05) is 24.3 Å². The molecule has 6 N–H and O–H groups in total. The van der Waals surface area contributed by atoms with Crippen molar-refractivity contribution < 1.29 is 19.7 Å². The van der Waals surface area contributed by atoms with Crippen LogP contribution >= 0.6 is 11.6 Å². The average molecular weight is 406 g/mol. The van der Waals surface area contributed by atoms with Gasteiger partial charge in [-0.2, -0.15) is 4.98 Å². The summed E-state index contributed by atoms with van der Waals surface area (Å²) < 4.78 is 5.87. The Morgan fingerprint density at radius 1 is 1.25 bits per heavy atom. The molecule has 0 aliphatic heterocycles. The number of aryl methyl sites for hydroxylation is 1. The lowest BCUT2D eigenvalue weighted by molar-refractivity contribution is 0.00446. The number of nitrogens with two attached hydrogens (primary N) is 1. The first-order chi connectivity index (χ1) is 13.4. The van der Waals surface area contributed by atoms with Crippen LogP contribution in [0.2, 0.25) is 5.15 Å². The number of anilines is 2. The van der Waals surface area contributed by atoms with E-state index < -0.39 is 24.2 Å². The van der Waals surface area contributed by atoms with Gasteiger partial charge in [0.15, 0.2) is 5.58 Å². The van der Waals surface area contributed by atoms with Crippen molar-refractivity contribution in [3.63, 3.8) is 0 Å². The molecule has 0 saturated heterocycles. The molecule has 3 heterocycles. The highest BCUT2D eigenvalue weighted by atomic mass is 35.5. The van der Waals surface area contributed by atoms with Crippen molar-refractivity contribution in [3.05, 3.63) is 29.0 Å². The Hall–Kier alpha value is -2.46. The summed E-state index contributed by atoms with van der Waals surface area (Å²) in [7, 11) is 0. The van der Waals surface area contributed by atoms with Gasteiger partial charge in [-0.3, -0.25) is 0 Å². The van der Waals surface area contributed by atoms with Crippen LogP contribution in [0.5, 0.6) is 0 Å². The summed E-state index contributed by atoms with van der Waals surface area (Å²) >= 11 is 6.33. The topological polar surface area (TPSA) is 151 Å². The van der Waals surface area contributed by atoms with Gasteiger partial charge in [0.2, 0.25) is 5.95 Å². The number of hydrogen-bond acceptors (Lipinski definition) is 9. The largest absolute Gasteiger partial charge is 0.454 e. The lowest BCUT2D eigenvalue weighted by Crippen LogP contribution is -2.35. The molecule has 10 heteroatoms. The van der Waals surface area contributed by atoms with Crippen molar-refractivity contribution in [1.82, 2.24) is 15.0 Å². The summed E-state index contributed by atoms with van der Waals surface area (Å²) in [5.41, 5.74) is 8.21. The molecule has 1 aliphatic carbocycles. The van der Waals surface area contributed by atoms with Crippen molar-refractivity contribution in [2.75, 3.05) is 17.7 Å². The number of halogens is 1. The van der Waals surface area contributed by atoms with E-state index in [1.54, 1.807) is 6.07 Å². The molecule has 4 rings (SSSR count). The second kappa shape index (κ2) is 7.17. The fourth-order valence-corrected chi connectivity index (χ4v) is 3.82. The number of aromatic nitrogens is 3. The molecule has 0 radical (unpaired) electrons. The molecule has 28 heavy (non-hydrogen) atoms. The molecule has 4 unspecified atom stereocenters. The molecule has 1 aliphatic rings. The van der Waals surface area contributed by atoms with Crippen LogP contribution in [-0.2, 0) is 0 Å². The second-order valence-electron chi connectivity index (χ2n) is 6.95. The minimum atomic E-state index is -1.08. The predicted octanol–water partition coefficient (Wildman–Crippen LogP) is 1.34. The van der Waals surface area contributed by atoms with Gasteiger partial charge in [0.1, 0.15) is 28.4 Å². The first kappa shape index (κ1) is 18.9. The highest BCUT2D eigenvalue weighted by molar-refractivity contribution is 6.32. The first-order valence-corrected chi connectivity index (χ1v) is 9.19. The Morgan fingerprint density at radius 2 is 2.04 bits per heavy atom. The van der Waals surface area contributed by atoms with Gasteiger partial charge in [-0.25, -0.2) is 9.97 Å². The SMILES string of the molecule is Cc1ccc2oc(-c3c(Cl)nc(N)nc3NC3CC(CO)C(O)C3O)cc2n1. The Labute approximate surface area is 165 Å². The molecule has 0 aromatic carbocycles. The zero-order chi connectivity index (χ0) is 20.0. The number of nitrogens with one attached hydrogen (secondary N) is 1. The van der Waals surface area contributed by atoms with Gasteiger partial charge in [-0.1, -0.05) is 11.6 Å². The molecule has 3 aromatic rings. The number of fused-ring (bicyclic) bond motifs is 1. The minimum Gasteiger partial charge on any atom is -0.454 e. The van der Waals surface area contributed by atoms with Crippen molar-refractivity contribution in [2.24, 2.45) is 5.92 Å². The third-order valence-corrected chi connectivity index (χ3v) is 5.27. The number of rotatable bonds is 4. The maximum atomic E-state index is 10.3. The molecule has 0 bridgehead atoms. The highest BCUT2D eigenvalue weighted by Crippen LogP contribution is 2.38. The van der Waals surface area contributed by atoms with E-state index in [0.717, 1.165) is 5.69 Å². The highest BCUT2D eigenvalue weighted by Gasteiger charge is 2.41. The van der Waals surface area contributed by atoms with Gasteiger partial charge in [0.25, 0.3) is 0 Å². The monoisotopic (exact) mass is 405 g/mol. The van der Waals surface area contributed by atoms with Crippen LogP contribution in [0.25, 0.3) is 22.4 Å². The van der Waals surface area contributed by atoms with E-state index in [0.29, 0.717) is 28.8 Å². The summed E-state index contributed by atoms with van der Waals surface area (Å²) in [5.74, 6) is 0.174. The predicted molar refractivity (Wildman–Crippen MR) is 104 cm³/mol. The van der Waals surface area contributed by atoms with Crippen molar-refractivity contribution >= 4 is 34.5 Å². The first-order valence-electron chi connectivity index (χ1n) is 8.81. The smallest absolute Gasteiger partial charge is 0.223 e. The van der Waals surface area contributed by atoms with Crippen LogP contribution in [0.15, 0.2) is 22.6 Å². The number of aliphatic hydroxyl groups is 3. The number of pyridine rings is 1. The molecule has 9 nitrogen and oxygen atoms in total. The van der Waals surface area contributed by atoms with Gasteiger partial charge in [-0.15, -0.1) is 0 Å². The fourth-order valence-electron chi connectivity index (χ4n) is 3.55. The minimum absolute atomic E-state index is 0.0481. The third kappa shape index (κ3) is 3.26. The van der Waals surface area contributed by atoms with Gasteiger partial charge in [0.05, 0.1) is 17.7 Å². The number of nitrogens with zero attached hydrogens (tertiary/aromatic N) is 3. The van der Waals surface area contributed by atoms with Crippen molar-refractivity contribution in [3.8, 4) is 11.3 Å². The number of hydrogen-bond donors (Lipinski definition) is 5.